The molecule has 0 spiro atoms. The predicted molar refractivity (Wildman–Crippen MR) is 118 cm³/mol. The van der Waals surface area contributed by atoms with E-state index < -0.39 is 5.23 Å². The lowest BCUT2D eigenvalue weighted by Crippen LogP contribution is -2.99. The smallest absolute Gasteiger partial charge is 0.266 e. The van der Waals surface area contributed by atoms with Gasteiger partial charge in [0.05, 0.1) is 17.6 Å². The summed E-state index contributed by atoms with van der Waals surface area (Å²) >= 11 is 6.78. The summed E-state index contributed by atoms with van der Waals surface area (Å²) in [6.45, 7) is 0. The lowest BCUT2D eigenvalue weighted by Gasteiger charge is -2.29. The van der Waals surface area contributed by atoms with Gasteiger partial charge in [-0.05, 0) is 31.0 Å². The molecule has 158 valence electrons. The number of hydrogen-bond acceptors (Lipinski definition) is 7. The minimum absolute atomic E-state index is 0.0572. The van der Waals surface area contributed by atoms with Crippen molar-refractivity contribution in [3.63, 3.8) is 0 Å². The second-order valence-corrected chi connectivity index (χ2v) is 8.94. The van der Waals surface area contributed by atoms with E-state index in [0.29, 0.717) is 32.1 Å². The van der Waals surface area contributed by atoms with Gasteiger partial charge in [-0.25, -0.2) is 5.21 Å². The first-order valence-electron chi connectivity index (χ1n) is 9.76. The number of amides is 1. The Labute approximate surface area is 183 Å². The Kier molecular flexibility index (Phi) is 6.26. The monoisotopic (exact) mass is 446 g/mol. The number of methoxy groups -OCH3 is 1. The lowest BCUT2D eigenvalue weighted by atomic mass is 9.94. The summed E-state index contributed by atoms with van der Waals surface area (Å²) in [5.41, 5.74) is 0.769. The molecule has 2 N–H and O–H groups in total. The van der Waals surface area contributed by atoms with Crippen LogP contribution in [0.4, 0.5) is 5.69 Å². The van der Waals surface area contributed by atoms with E-state index in [1.54, 1.807) is 29.2 Å². The second kappa shape index (κ2) is 8.91. The second-order valence-electron chi connectivity index (χ2n) is 7.27. The molecule has 1 aromatic carbocycles. The number of quaternary nitrogens is 1. The number of nitrogens with zero attached hydrogens (tertiary/aromatic N) is 1. The molecule has 1 amide bonds. The Morgan fingerprint density at radius 1 is 1.30 bits per heavy atom. The number of benzene rings is 1. The Bertz CT molecular complexity index is 995. The first-order valence-corrected chi connectivity index (χ1v) is 11.0. The molecule has 4 rings (SSSR count). The highest BCUT2D eigenvalue weighted by molar-refractivity contribution is 8.26. The number of carbonyl (C=O) groups excluding carboxylic acids is 1. The number of thioether (sulfide) groups is 1. The number of hydrogen-bond donors (Lipinski definition) is 2. The molecule has 1 saturated carbocycles. The fourth-order valence-electron chi connectivity index (χ4n) is 3.87. The van der Waals surface area contributed by atoms with E-state index in [4.69, 9.17) is 26.6 Å². The van der Waals surface area contributed by atoms with Crippen LogP contribution in [0.2, 0.25) is 0 Å². The van der Waals surface area contributed by atoms with Crippen LogP contribution in [0.3, 0.4) is 0 Å². The summed E-state index contributed by atoms with van der Waals surface area (Å²) in [7, 11) is 1.48. The van der Waals surface area contributed by atoms with Gasteiger partial charge in [0.25, 0.3) is 5.91 Å². The van der Waals surface area contributed by atoms with Crippen molar-refractivity contribution in [1.82, 2.24) is 4.90 Å². The summed E-state index contributed by atoms with van der Waals surface area (Å²) < 4.78 is 11.8. The molecular weight excluding hydrogens is 424 g/mol. The summed E-state index contributed by atoms with van der Waals surface area (Å²) in [5, 5.41) is 19.3. The number of nitrogens with one attached hydrogen (secondary N) is 1. The highest BCUT2D eigenvalue weighted by Crippen LogP contribution is 2.38. The highest BCUT2D eigenvalue weighted by atomic mass is 32.2. The van der Waals surface area contributed by atoms with Crippen molar-refractivity contribution in [3.05, 3.63) is 46.2 Å². The van der Waals surface area contributed by atoms with E-state index in [-0.39, 0.29) is 17.6 Å². The van der Waals surface area contributed by atoms with E-state index in [1.807, 2.05) is 0 Å². The maximum absolute atomic E-state index is 12.9. The zero-order valence-corrected chi connectivity index (χ0v) is 18.1. The van der Waals surface area contributed by atoms with Crippen LogP contribution in [0.1, 0.15) is 37.9 Å². The van der Waals surface area contributed by atoms with Gasteiger partial charge >= 0.3 is 0 Å². The average molecular weight is 447 g/mol. The third-order valence-electron chi connectivity index (χ3n) is 5.38. The molecule has 30 heavy (non-hydrogen) atoms. The molecule has 7 nitrogen and oxygen atoms in total. The van der Waals surface area contributed by atoms with Gasteiger partial charge in [0.15, 0.2) is 5.69 Å². The largest absolute Gasteiger partial charge is 0.595 e. The van der Waals surface area contributed by atoms with E-state index in [0.717, 1.165) is 25.7 Å². The fourth-order valence-corrected chi connectivity index (χ4v) is 5.25. The number of rotatable bonds is 5. The summed E-state index contributed by atoms with van der Waals surface area (Å²) in [4.78, 5) is 15.3. The van der Waals surface area contributed by atoms with Crippen LogP contribution in [0.15, 0.2) is 39.7 Å². The first kappa shape index (κ1) is 21.1. The van der Waals surface area contributed by atoms with Crippen molar-refractivity contribution in [3.8, 4) is 17.1 Å². The molecular formula is C21H22N2O5S2. The van der Waals surface area contributed by atoms with Gasteiger partial charge in [-0.15, -0.1) is 0 Å². The zero-order valence-electron chi connectivity index (χ0n) is 16.4. The van der Waals surface area contributed by atoms with Gasteiger partial charge in [-0.2, -0.15) is 5.23 Å². The number of ether oxygens (including phenoxy) is 1. The van der Waals surface area contributed by atoms with E-state index in [2.05, 4.69) is 0 Å². The molecule has 1 aliphatic heterocycles. The van der Waals surface area contributed by atoms with Crippen LogP contribution in [0.5, 0.6) is 5.75 Å². The maximum Gasteiger partial charge on any atom is 0.266 e. The van der Waals surface area contributed by atoms with Gasteiger partial charge < -0.3 is 14.4 Å². The molecule has 1 aromatic heterocycles. The minimum atomic E-state index is -1.03. The van der Waals surface area contributed by atoms with E-state index >= 15 is 0 Å². The van der Waals surface area contributed by atoms with Crippen molar-refractivity contribution in [2.24, 2.45) is 0 Å². The van der Waals surface area contributed by atoms with Crippen LogP contribution < -0.4 is 9.96 Å². The van der Waals surface area contributed by atoms with E-state index in [1.165, 1.54) is 37.4 Å². The Balaban J connectivity index is 1.57. The third-order valence-corrected chi connectivity index (χ3v) is 6.71. The molecule has 1 atom stereocenters. The standard InChI is InChI=1S/C21H22N2O5S2/c1-27-18-11-14(23(25)26)7-9-16(18)17-10-8-15(28-17)12-19-20(24)22(21(29)30-19)13-5-3-2-4-6-13/h7-13,23,25H,2-6H2,1H3/b19-12+. The average Bonchev–Trinajstić information content (AvgIpc) is 3.32. The molecule has 9 heteroatoms. The van der Waals surface area contributed by atoms with Crippen LogP contribution in [0.25, 0.3) is 17.4 Å². The fraction of sp³-hybridized carbons (Fsp3) is 0.333. The molecule has 2 heterocycles. The van der Waals surface area contributed by atoms with Gasteiger partial charge in [0, 0.05) is 24.3 Å². The van der Waals surface area contributed by atoms with Crippen molar-refractivity contribution >= 4 is 46.0 Å². The summed E-state index contributed by atoms with van der Waals surface area (Å²) in [6.07, 6.45) is 7.18. The van der Waals surface area contributed by atoms with Crippen LogP contribution in [-0.4, -0.2) is 33.5 Å². The number of carbonyl (C=O) groups is 1. The minimum Gasteiger partial charge on any atom is -0.595 e. The van der Waals surface area contributed by atoms with Crippen molar-refractivity contribution in [1.29, 1.82) is 0 Å². The molecule has 0 bridgehead atoms. The van der Waals surface area contributed by atoms with Crippen molar-refractivity contribution in [2.45, 2.75) is 38.1 Å². The Hall–Kier alpha value is -2.17. The van der Waals surface area contributed by atoms with Crippen LogP contribution in [0, 0.1) is 5.21 Å². The van der Waals surface area contributed by atoms with E-state index in [9.17, 15) is 10.0 Å². The normalized spacial score (nSPS) is 20.2. The molecule has 2 aromatic rings. The van der Waals surface area contributed by atoms with Crippen LogP contribution >= 0.6 is 24.0 Å². The van der Waals surface area contributed by atoms with Gasteiger partial charge in [0.1, 0.15) is 21.6 Å². The quantitative estimate of drug-likeness (QED) is 0.409. The van der Waals surface area contributed by atoms with Gasteiger partial charge in [-0.3, -0.25) is 9.69 Å². The van der Waals surface area contributed by atoms with Crippen molar-refractivity contribution < 1.29 is 24.4 Å². The van der Waals surface area contributed by atoms with Crippen molar-refractivity contribution in [2.75, 3.05) is 7.11 Å². The molecule has 2 fully saturated rings. The predicted octanol–water partition coefficient (Wildman–Crippen LogP) is 3.89. The lowest BCUT2D eigenvalue weighted by molar-refractivity contribution is -0.991. The summed E-state index contributed by atoms with van der Waals surface area (Å²) in [5.74, 6) is 1.40. The SMILES string of the molecule is COc1cc([NH+]([O-])O)ccc1-c1ccc(/C=C2/SC(=S)N(C3CCCCC3)C2=O)o1. The topological polar surface area (TPSA) is 90.4 Å². The molecule has 1 unspecified atom stereocenters. The summed E-state index contributed by atoms with van der Waals surface area (Å²) in [6, 6.07) is 8.33. The maximum atomic E-state index is 12.9. The Morgan fingerprint density at radius 3 is 2.77 bits per heavy atom. The molecule has 2 aliphatic rings. The molecule has 0 radical (unpaired) electrons. The third kappa shape index (κ3) is 4.17. The van der Waals surface area contributed by atoms with Gasteiger partial charge in [-0.1, -0.05) is 43.2 Å². The first-order chi connectivity index (χ1) is 14.5. The molecule has 1 saturated heterocycles. The van der Waals surface area contributed by atoms with Crippen LogP contribution in [-0.2, 0) is 4.79 Å². The number of furan rings is 1. The zero-order chi connectivity index (χ0) is 21.3. The molecule has 1 aliphatic carbocycles. The highest BCUT2D eigenvalue weighted by Gasteiger charge is 2.37. The Morgan fingerprint density at radius 2 is 2.07 bits per heavy atom. The van der Waals surface area contributed by atoms with Gasteiger partial charge in [0.2, 0.25) is 0 Å². The number of thiocarbonyl (C=S) groups is 1.